The van der Waals surface area contributed by atoms with Crippen LogP contribution in [0.2, 0.25) is 0 Å². The number of carboxylic acid groups (broad SMARTS) is 1. The predicted molar refractivity (Wildman–Crippen MR) is 103 cm³/mol. The van der Waals surface area contributed by atoms with Crippen molar-refractivity contribution in [3.8, 4) is 0 Å². The van der Waals surface area contributed by atoms with Gasteiger partial charge in [0.25, 0.3) is 0 Å². The number of carboxylic acids is 1. The first kappa shape index (κ1) is 19.2. The monoisotopic (exact) mass is 343 g/mol. The molecule has 1 heterocycles. The maximum Gasteiger partial charge on any atom is 0.328 e. The lowest BCUT2D eigenvalue weighted by Gasteiger charge is -2.19. The number of carbonyl (C=O) groups is 1. The first-order valence-corrected chi connectivity index (χ1v) is 9.21. The molecule has 0 amide bonds. The van der Waals surface area contributed by atoms with E-state index in [-0.39, 0.29) is 0 Å². The lowest BCUT2D eigenvalue weighted by atomic mass is 10.2. The molecule has 25 heavy (non-hydrogen) atoms. The molecule has 0 atom stereocenters. The molecule has 0 saturated carbocycles. The van der Waals surface area contributed by atoms with Crippen LogP contribution in [0.3, 0.4) is 0 Å². The van der Waals surface area contributed by atoms with E-state index in [0.717, 1.165) is 73.9 Å². The number of aromatic nitrogens is 2. The normalized spacial score (nSPS) is 11.8. The topological polar surface area (TPSA) is 58.4 Å². The van der Waals surface area contributed by atoms with Gasteiger partial charge in [-0.15, -0.1) is 0 Å². The van der Waals surface area contributed by atoms with Crippen molar-refractivity contribution in [3.05, 3.63) is 35.7 Å². The van der Waals surface area contributed by atoms with Crippen molar-refractivity contribution >= 4 is 23.1 Å². The average molecular weight is 343 g/mol. The molecule has 0 aliphatic carbocycles. The summed E-state index contributed by atoms with van der Waals surface area (Å²) in [7, 11) is 0. The summed E-state index contributed by atoms with van der Waals surface area (Å²) in [6, 6.07) is 5.99. The predicted octanol–water partition coefficient (Wildman–Crippen LogP) is 3.82. The number of likely N-dealkylation sites (N-methyl/N-ethyl adjacent to an activating group) is 1. The number of hydrogen-bond donors (Lipinski definition) is 1. The minimum absolute atomic E-state index is 0.866. The molecule has 5 heteroatoms. The van der Waals surface area contributed by atoms with Gasteiger partial charge in [-0.05, 0) is 43.3 Å². The second kappa shape index (κ2) is 9.37. The molecule has 0 unspecified atom stereocenters. The van der Waals surface area contributed by atoms with Crippen molar-refractivity contribution in [2.75, 3.05) is 19.6 Å². The van der Waals surface area contributed by atoms with Crippen LogP contribution in [0.5, 0.6) is 0 Å². The number of aryl methyl sites for hydroxylation is 1. The highest BCUT2D eigenvalue weighted by molar-refractivity contribution is 5.87. The van der Waals surface area contributed by atoms with Crippen LogP contribution >= 0.6 is 0 Å². The van der Waals surface area contributed by atoms with E-state index in [1.165, 1.54) is 0 Å². The van der Waals surface area contributed by atoms with Crippen LogP contribution in [0.4, 0.5) is 0 Å². The summed E-state index contributed by atoms with van der Waals surface area (Å²) in [4.78, 5) is 18.0. The number of nitrogens with zero attached hydrogens (tertiary/aromatic N) is 3. The van der Waals surface area contributed by atoms with Crippen LogP contribution in [-0.2, 0) is 17.8 Å². The van der Waals surface area contributed by atoms with E-state index in [2.05, 4.69) is 36.3 Å². The molecule has 0 fully saturated rings. The molecule has 0 saturated heterocycles. The molecular formula is C20H29N3O2. The van der Waals surface area contributed by atoms with Gasteiger partial charge in [-0.2, -0.15) is 0 Å². The number of benzene rings is 1. The Kier molecular flexibility index (Phi) is 7.19. The van der Waals surface area contributed by atoms with Gasteiger partial charge in [0.2, 0.25) is 0 Å². The third kappa shape index (κ3) is 5.16. The summed E-state index contributed by atoms with van der Waals surface area (Å²) in [5.74, 6) is 0.192. The molecular weight excluding hydrogens is 314 g/mol. The van der Waals surface area contributed by atoms with E-state index < -0.39 is 5.97 Å². The van der Waals surface area contributed by atoms with E-state index in [1.807, 2.05) is 12.1 Å². The molecule has 0 aliphatic rings. The minimum Gasteiger partial charge on any atom is -0.478 e. The number of fused-ring (bicyclic) bond motifs is 1. The molecule has 1 aromatic carbocycles. The number of imidazole rings is 1. The van der Waals surface area contributed by atoms with E-state index >= 15 is 0 Å². The quantitative estimate of drug-likeness (QED) is 0.666. The van der Waals surface area contributed by atoms with Gasteiger partial charge in [-0.1, -0.05) is 33.3 Å². The molecule has 0 bridgehead atoms. The summed E-state index contributed by atoms with van der Waals surface area (Å²) >= 11 is 0. The van der Waals surface area contributed by atoms with Gasteiger partial charge in [-0.3, -0.25) is 0 Å². The number of rotatable bonds is 10. The standard InChI is InChI=1S/C20H29N3O2/c1-4-7-8-19-21-17-15-16(10-12-20(24)25)9-11-18(17)23(19)14-13-22(5-2)6-3/h9-12,15H,4-8,13-14H2,1-3H3,(H,24,25). The van der Waals surface area contributed by atoms with Crippen molar-refractivity contribution in [2.45, 2.75) is 46.6 Å². The summed E-state index contributed by atoms with van der Waals surface area (Å²) in [5.41, 5.74) is 2.94. The van der Waals surface area contributed by atoms with Crippen LogP contribution in [0, 0.1) is 0 Å². The van der Waals surface area contributed by atoms with E-state index in [4.69, 9.17) is 10.1 Å². The Morgan fingerprint density at radius 3 is 2.68 bits per heavy atom. The average Bonchev–Trinajstić information content (AvgIpc) is 2.95. The van der Waals surface area contributed by atoms with Gasteiger partial charge in [-0.25, -0.2) is 9.78 Å². The van der Waals surface area contributed by atoms with Crippen molar-refractivity contribution in [3.63, 3.8) is 0 Å². The zero-order valence-corrected chi connectivity index (χ0v) is 15.5. The highest BCUT2D eigenvalue weighted by atomic mass is 16.4. The molecule has 1 N–H and O–H groups in total. The lowest BCUT2D eigenvalue weighted by molar-refractivity contribution is -0.131. The van der Waals surface area contributed by atoms with Crippen LogP contribution < -0.4 is 0 Å². The van der Waals surface area contributed by atoms with Crippen molar-refractivity contribution < 1.29 is 9.90 Å². The summed E-state index contributed by atoms with van der Waals surface area (Å²) in [6.45, 7) is 10.6. The van der Waals surface area contributed by atoms with Crippen LogP contribution in [0.25, 0.3) is 17.1 Å². The fourth-order valence-corrected chi connectivity index (χ4v) is 3.02. The van der Waals surface area contributed by atoms with Crippen LogP contribution in [0.15, 0.2) is 24.3 Å². The summed E-state index contributed by atoms with van der Waals surface area (Å²) in [6.07, 6.45) is 6.02. The number of aliphatic carboxylic acids is 1. The third-order valence-electron chi connectivity index (χ3n) is 4.56. The maximum absolute atomic E-state index is 10.7. The Labute approximate surface area is 150 Å². The molecule has 2 rings (SSSR count). The highest BCUT2D eigenvalue weighted by Crippen LogP contribution is 2.20. The minimum atomic E-state index is -0.937. The Morgan fingerprint density at radius 1 is 1.28 bits per heavy atom. The Morgan fingerprint density at radius 2 is 2.04 bits per heavy atom. The first-order chi connectivity index (χ1) is 12.1. The van der Waals surface area contributed by atoms with E-state index in [9.17, 15) is 4.79 Å². The second-order valence-corrected chi connectivity index (χ2v) is 6.23. The molecule has 2 aromatic rings. The maximum atomic E-state index is 10.7. The van der Waals surface area contributed by atoms with E-state index in [1.54, 1.807) is 6.08 Å². The molecule has 0 spiro atoms. The summed E-state index contributed by atoms with van der Waals surface area (Å²) < 4.78 is 2.33. The van der Waals surface area contributed by atoms with Gasteiger partial charge in [0.15, 0.2) is 0 Å². The van der Waals surface area contributed by atoms with Gasteiger partial charge < -0.3 is 14.6 Å². The lowest BCUT2D eigenvalue weighted by Crippen LogP contribution is -2.27. The Hall–Kier alpha value is -2.14. The van der Waals surface area contributed by atoms with Crippen LogP contribution in [-0.4, -0.2) is 45.2 Å². The van der Waals surface area contributed by atoms with Crippen molar-refractivity contribution in [1.29, 1.82) is 0 Å². The largest absolute Gasteiger partial charge is 0.478 e. The molecule has 0 radical (unpaired) electrons. The smallest absolute Gasteiger partial charge is 0.328 e. The fraction of sp³-hybridized carbons (Fsp3) is 0.500. The summed E-state index contributed by atoms with van der Waals surface area (Å²) in [5, 5.41) is 8.79. The zero-order chi connectivity index (χ0) is 18.2. The first-order valence-electron chi connectivity index (χ1n) is 9.21. The number of hydrogen-bond acceptors (Lipinski definition) is 3. The second-order valence-electron chi connectivity index (χ2n) is 6.23. The Balaban J connectivity index is 2.33. The molecule has 5 nitrogen and oxygen atoms in total. The Bertz CT molecular complexity index is 730. The SMILES string of the molecule is CCCCc1nc2cc(C=CC(=O)O)ccc2n1CCN(CC)CC. The molecule has 136 valence electrons. The molecule has 0 aliphatic heterocycles. The number of unbranched alkanes of at least 4 members (excludes halogenated alkanes) is 1. The zero-order valence-electron chi connectivity index (χ0n) is 15.5. The van der Waals surface area contributed by atoms with Gasteiger partial charge in [0.05, 0.1) is 11.0 Å². The van der Waals surface area contributed by atoms with Crippen molar-refractivity contribution in [2.24, 2.45) is 0 Å². The third-order valence-corrected chi connectivity index (χ3v) is 4.56. The van der Waals surface area contributed by atoms with Gasteiger partial charge in [0, 0.05) is 25.6 Å². The van der Waals surface area contributed by atoms with Gasteiger partial charge in [0.1, 0.15) is 5.82 Å². The fourth-order valence-electron chi connectivity index (χ4n) is 3.02. The molecule has 1 aromatic heterocycles. The van der Waals surface area contributed by atoms with Crippen LogP contribution in [0.1, 0.15) is 45.0 Å². The van der Waals surface area contributed by atoms with Gasteiger partial charge >= 0.3 is 5.97 Å². The highest BCUT2D eigenvalue weighted by Gasteiger charge is 2.11. The van der Waals surface area contributed by atoms with Crippen molar-refractivity contribution in [1.82, 2.24) is 14.5 Å². The van der Waals surface area contributed by atoms with E-state index in [0.29, 0.717) is 0 Å².